The van der Waals surface area contributed by atoms with Gasteiger partial charge in [-0.3, -0.25) is 4.79 Å². The molecule has 0 atom stereocenters. The van der Waals surface area contributed by atoms with Crippen LogP contribution in [0.1, 0.15) is 26.3 Å². The van der Waals surface area contributed by atoms with E-state index in [2.05, 4.69) is 16.0 Å². The molecular formula is C21H30N4O5. The van der Waals surface area contributed by atoms with Gasteiger partial charge in [0.05, 0.1) is 14.2 Å². The van der Waals surface area contributed by atoms with Crippen molar-refractivity contribution in [3.8, 4) is 17.6 Å². The molecule has 164 valence electrons. The Balaban J connectivity index is 2.40. The van der Waals surface area contributed by atoms with Crippen molar-refractivity contribution < 1.29 is 23.8 Å². The van der Waals surface area contributed by atoms with E-state index in [0.29, 0.717) is 31.0 Å². The van der Waals surface area contributed by atoms with Gasteiger partial charge in [-0.1, -0.05) is 6.07 Å². The van der Waals surface area contributed by atoms with Crippen molar-refractivity contribution in [2.75, 3.05) is 33.9 Å². The number of nitriles is 1. The number of hydrogen-bond donors (Lipinski definition) is 3. The van der Waals surface area contributed by atoms with Crippen molar-refractivity contribution in [2.24, 2.45) is 0 Å². The predicted molar refractivity (Wildman–Crippen MR) is 112 cm³/mol. The quantitative estimate of drug-likeness (QED) is 0.301. The van der Waals surface area contributed by atoms with Gasteiger partial charge in [-0.15, -0.1) is 0 Å². The number of nitrogens with one attached hydrogen (secondary N) is 3. The highest BCUT2D eigenvalue weighted by Crippen LogP contribution is 2.27. The van der Waals surface area contributed by atoms with Gasteiger partial charge in [-0.25, -0.2) is 4.79 Å². The fourth-order valence-corrected chi connectivity index (χ4v) is 2.33. The summed E-state index contributed by atoms with van der Waals surface area (Å²) in [6.45, 7) is 6.30. The molecule has 30 heavy (non-hydrogen) atoms. The summed E-state index contributed by atoms with van der Waals surface area (Å²) in [6.07, 6.45) is 1.36. The van der Waals surface area contributed by atoms with E-state index >= 15 is 0 Å². The zero-order chi connectivity index (χ0) is 22.6. The Morgan fingerprint density at radius 2 is 1.77 bits per heavy atom. The molecule has 0 fully saturated rings. The van der Waals surface area contributed by atoms with Gasteiger partial charge in [0.25, 0.3) is 5.91 Å². The van der Waals surface area contributed by atoms with Gasteiger partial charge in [-0.05, 0) is 44.9 Å². The Hall–Kier alpha value is -3.41. The van der Waals surface area contributed by atoms with E-state index < -0.39 is 17.6 Å². The molecule has 1 rings (SSSR count). The number of alkyl carbamates (subject to hydrolysis) is 1. The van der Waals surface area contributed by atoms with Gasteiger partial charge in [0.2, 0.25) is 0 Å². The molecule has 0 saturated heterocycles. The molecule has 0 aromatic heterocycles. The topological polar surface area (TPSA) is 122 Å². The Kier molecular flexibility index (Phi) is 10.0. The van der Waals surface area contributed by atoms with Gasteiger partial charge in [0.15, 0.2) is 11.5 Å². The minimum absolute atomic E-state index is 0.0559. The molecule has 0 aliphatic rings. The van der Waals surface area contributed by atoms with Gasteiger partial charge in [0, 0.05) is 25.8 Å². The van der Waals surface area contributed by atoms with Crippen LogP contribution in [-0.4, -0.2) is 51.5 Å². The third-order valence-electron chi connectivity index (χ3n) is 3.70. The minimum Gasteiger partial charge on any atom is -0.493 e. The summed E-state index contributed by atoms with van der Waals surface area (Å²) in [5.41, 5.74) is 0.335. The number of methoxy groups -OCH3 is 2. The molecule has 3 N–H and O–H groups in total. The van der Waals surface area contributed by atoms with E-state index in [1.54, 1.807) is 41.1 Å². The third-order valence-corrected chi connectivity index (χ3v) is 3.70. The van der Waals surface area contributed by atoms with E-state index in [0.717, 1.165) is 5.56 Å². The zero-order valence-corrected chi connectivity index (χ0v) is 18.1. The maximum absolute atomic E-state index is 12.1. The van der Waals surface area contributed by atoms with E-state index in [9.17, 15) is 14.9 Å². The number of ether oxygens (including phenoxy) is 3. The lowest BCUT2D eigenvalue weighted by Crippen LogP contribution is -2.35. The van der Waals surface area contributed by atoms with Crippen molar-refractivity contribution in [3.05, 3.63) is 35.5 Å². The van der Waals surface area contributed by atoms with Crippen LogP contribution in [0.5, 0.6) is 11.5 Å². The lowest BCUT2D eigenvalue weighted by Gasteiger charge is -2.19. The van der Waals surface area contributed by atoms with Crippen molar-refractivity contribution in [3.63, 3.8) is 0 Å². The normalized spacial score (nSPS) is 11.1. The Morgan fingerprint density at radius 1 is 1.07 bits per heavy atom. The van der Waals surface area contributed by atoms with Crippen LogP contribution in [0, 0.1) is 11.3 Å². The molecule has 1 aromatic rings. The molecule has 9 heteroatoms. The summed E-state index contributed by atoms with van der Waals surface area (Å²) in [4.78, 5) is 23.7. The summed E-state index contributed by atoms with van der Waals surface area (Å²) < 4.78 is 15.6. The minimum atomic E-state index is -0.569. The molecule has 0 saturated carbocycles. The fraction of sp³-hybridized carbons (Fsp3) is 0.476. The number of rotatable bonds is 10. The Labute approximate surface area is 177 Å². The smallest absolute Gasteiger partial charge is 0.407 e. The monoisotopic (exact) mass is 418 g/mol. The molecular weight excluding hydrogens is 388 g/mol. The van der Waals surface area contributed by atoms with Crippen LogP contribution in [0.15, 0.2) is 30.0 Å². The van der Waals surface area contributed by atoms with Gasteiger partial charge in [0.1, 0.15) is 17.2 Å². The van der Waals surface area contributed by atoms with Crippen LogP contribution in [0.4, 0.5) is 4.79 Å². The molecule has 0 unspecified atom stereocenters. The largest absolute Gasteiger partial charge is 0.493 e. The first-order chi connectivity index (χ1) is 14.2. The summed E-state index contributed by atoms with van der Waals surface area (Å²) in [5, 5.41) is 17.3. The highest BCUT2D eigenvalue weighted by Gasteiger charge is 2.15. The van der Waals surface area contributed by atoms with Crippen LogP contribution >= 0.6 is 0 Å². The molecule has 9 nitrogen and oxygen atoms in total. The predicted octanol–water partition coefficient (Wildman–Crippen LogP) is 1.88. The first-order valence-corrected chi connectivity index (χ1v) is 9.49. The average molecular weight is 418 g/mol. The summed E-state index contributed by atoms with van der Waals surface area (Å²) in [5.74, 6) is 0.765. The summed E-state index contributed by atoms with van der Waals surface area (Å²) >= 11 is 0. The average Bonchev–Trinajstić information content (AvgIpc) is 2.69. The first kappa shape index (κ1) is 24.6. The SMILES string of the molecule is COc1ccc(CCNC(=O)/C(C#N)=C\NCCNC(=O)OC(C)(C)C)cc1OC. The van der Waals surface area contributed by atoms with Crippen LogP contribution in [0.3, 0.4) is 0 Å². The number of nitrogens with zero attached hydrogens (tertiary/aromatic N) is 1. The molecule has 1 aromatic carbocycles. The van der Waals surface area contributed by atoms with E-state index in [1.165, 1.54) is 6.20 Å². The summed E-state index contributed by atoms with van der Waals surface area (Å²) in [7, 11) is 3.12. The molecule has 0 aliphatic heterocycles. The lowest BCUT2D eigenvalue weighted by molar-refractivity contribution is -0.117. The molecule has 2 amide bonds. The fourth-order valence-electron chi connectivity index (χ4n) is 2.33. The third kappa shape index (κ3) is 9.19. The number of hydrogen-bond acceptors (Lipinski definition) is 7. The lowest BCUT2D eigenvalue weighted by atomic mass is 10.1. The maximum Gasteiger partial charge on any atom is 0.407 e. The maximum atomic E-state index is 12.1. The zero-order valence-electron chi connectivity index (χ0n) is 18.1. The van der Waals surface area contributed by atoms with Crippen LogP contribution in [0.2, 0.25) is 0 Å². The number of carbonyl (C=O) groups is 2. The first-order valence-electron chi connectivity index (χ1n) is 9.49. The van der Waals surface area contributed by atoms with Gasteiger partial charge in [-0.2, -0.15) is 5.26 Å². The van der Waals surface area contributed by atoms with E-state index in [-0.39, 0.29) is 12.1 Å². The van der Waals surface area contributed by atoms with Crippen LogP contribution < -0.4 is 25.4 Å². The van der Waals surface area contributed by atoms with Crippen LogP contribution in [0.25, 0.3) is 0 Å². The molecule has 0 heterocycles. The number of benzene rings is 1. The highest BCUT2D eigenvalue weighted by atomic mass is 16.6. The second-order valence-electron chi connectivity index (χ2n) is 7.25. The standard InChI is InChI=1S/C21H30N4O5/c1-21(2,3)30-20(27)25-11-10-23-14-16(13-22)19(26)24-9-8-15-6-7-17(28-4)18(12-15)29-5/h6-7,12,14,23H,8-11H2,1-5H3,(H,24,26)(H,25,27)/b16-14-. The van der Waals surface area contributed by atoms with Gasteiger partial charge < -0.3 is 30.2 Å². The van der Waals surface area contributed by atoms with Crippen molar-refractivity contribution in [2.45, 2.75) is 32.8 Å². The van der Waals surface area contributed by atoms with E-state index in [1.807, 2.05) is 18.2 Å². The Morgan fingerprint density at radius 3 is 2.37 bits per heavy atom. The van der Waals surface area contributed by atoms with Crippen molar-refractivity contribution >= 4 is 12.0 Å². The van der Waals surface area contributed by atoms with Gasteiger partial charge >= 0.3 is 6.09 Å². The Bertz CT molecular complexity index is 794. The highest BCUT2D eigenvalue weighted by molar-refractivity contribution is 5.97. The molecule has 0 bridgehead atoms. The van der Waals surface area contributed by atoms with Crippen LogP contribution in [-0.2, 0) is 16.0 Å². The molecule has 0 spiro atoms. The van der Waals surface area contributed by atoms with Crippen molar-refractivity contribution in [1.29, 1.82) is 5.26 Å². The summed E-state index contributed by atoms with van der Waals surface area (Å²) in [6, 6.07) is 7.37. The van der Waals surface area contributed by atoms with E-state index in [4.69, 9.17) is 14.2 Å². The molecule has 0 aliphatic carbocycles. The number of amides is 2. The number of carbonyl (C=O) groups excluding carboxylic acids is 2. The second kappa shape index (κ2) is 12.2. The van der Waals surface area contributed by atoms with Crippen molar-refractivity contribution in [1.82, 2.24) is 16.0 Å². The molecule has 0 radical (unpaired) electrons. The second-order valence-corrected chi connectivity index (χ2v) is 7.25.